The van der Waals surface area contributed by atoms with Gasteiger partial charge in [-0.3, -0.25) is 0 Å². The Morgan fingerprint density at radius 1 is 1.27 bits per heavy atom. The molecule has 0 aliphatic carbocycles. The molecule has 0 aromatic heterocycles. The monoisotopic (exact) mass is 227 g/mol. The van der Waals surface area contributed by atoms with E-state index in [1.165, 1.54) is 0 Å². The van der Waals surface area contributed by atoms with E-state index in [4.69, 9.17) is 16.3 Å². The molecule has 84 valence electrons. The average Bonchev–Trinajstić information content (AvgIpc) is 2.20. The molecule has 0 radical (unpaired) electrons. The van der Waals surface area contributed by atoms with Gasteiger partial charge in [-0.2, -0.15) is 0 Å². The Morgan fingerprint density at radius 3 is 2.33 bits per heavy atom. The summed E-state index contributed by atoms with van der Waals surface area (Å²) < 4.78 is 5.17. The third kappa shape index (κ3) is 4.10. The summed E-state index contributed by atoms with van der Waals surface area (Å²) in [7, 11) is 1.72. The van der Waals surface area contributed by atoms with Crippen molar-refractivity contribution in [2.45, 2.75) is 19.9 Å². The highest BCUT2D eigenvalue weighted by molar-refractivity contribution is 6.30. The van der Waals surface area contributed by atoms with Crippen LogP contribution in [-0.2, 0) is 4.74 Å². The van der Waals surface area contributed by atoms with Crippen LogP contribution in [0.2, 0.25) is 5.02 Å². The first-order valence-corrected chi connectivity index (χ1v) is 5.52. The third-order valence-corrected chi connectivity index (χ3v) is 2.60. The highest BCUT2D eigenvalue weighted by Gasteiger charge is 2.12. The zero-order chi connectivity index (χ0) is 11.3. The van der Waals surface area contributed by atoms with Crippen LogP contribution in [0, 0.1) is 5.92 Å². The number of ether oxygens (including phenoxy) is 1. The zero-order valence-corrected chi connectivity index (χ0v) is 10.2. The van der Waals surface area contributed by atoms with Gasteiger partial charge in [0.15, 0.2) is 0 Å². The molecule has 0 amide bonds. The predicted octanol–water partition coefficient (Wildman–Crippen LogP) is 3.42. The molecule has 0 saturated heterocycles. The Morgan fingerprint density at radius 2 is 1.87 bits per heavy atom. The number of nitrogens with one attached hydrogen (secondary N) is 1. The van der Waals surface area contributed by atoms with Gasteiger partial charge in [0, 0.05) is 17.8 Å². The van der Waals surface area contributed by atoms with E-state index < -0.39 is 0 Å². The summed E-state index contributed by atoms with van der Waals surface area (Å²) in [5, 5.41) is 4.18. The molecule has 2 nitrogen and oxygen atoms in total. The van der Waals surface area contributed by atoms with Crippen molar-refractivity contribution >= 4 is 17.3 Å². The van der Waals surface area contributed by atoms with E-state index >= 15 is 0 Å². The largest absolute Gasteiger partial charge is 0.383 e. The van der Waals surface area contributed by atoms with Crippen LogP contribution in [0.3, 0.4) is 0 Å². The second-order valence-electron chi connectivity index (χ2n) is 3.96. The van der Waals surface area contributed by atoms with Crippen LogP contribution in [0.1, 0.15) is 13.8 Å². The molecule has 3 heteroatoms. The lowest BCUT2D eigenvalue weighted by molar-refractivity contribution is 0.171. The summed E-state index contributed by atoms with van der Waals surface area (Å²) in [5.41, 5.74) is 1.08. The summed E-state index contributed by atoms with van der Waals surface area (Å²) in [6, 6.07) is 8.05. The van der Waals surface area contributed by atoms with Crippen molar-refractivity contribution in [3.8, 4) is 0 Å². The molecular weight excluding hydrogens is 210 g/mol. The number of hydrogen-bond donors (Lipinski definition) is 1. The molecule has 1 unspecified atom stereocenters. The molecule has 0 spiro atoms. The summed E-state index contributed by atoms with van der Waals surface area (Å²) in [6.45, 7) is 5.06. The minimum absolute atomic E-state index is 0.330. The van der Waals surface area contributed by atoms with Crippen molar-refractivity contribution in [1.82, 2.24) is 0 Å². The van der Waals surface area contributed by atoms with Crippen LogP contribution < -0.4 is 5.32 Å². The number of methoxy groups -OCH3 is 1. The van der Waals surface area contributed by atoms with Crippen molar-refractivity contribution in [3.05, 3.63) is 29.3 Å². The minimum atomic E-state index is 0.330. The van der Waals surface area contributed by atoms with E-state index in [2.05, 4.69) is 19.2 Å². The van der Waals surface area contributed by atoms with Gasteiger partial charge in [0.05, 0.1) is 12.6 Å². The Hall–Kier alpha value is -0.730. The van der Waals surface area contributed by atoms with Gasteiger partial charge in [-0.05, 0) is 30.2 Å². The highest BCUT2D eigenvalue weighted by Crippen LogP contribution is 2.16. The van der Waals surface area contributed by atoms with Crippen LogP contribution >= 0.6 is 11.6 Å². The summed E-state index contributed by atoms with van der Waals surface area (Å²) in [6.07, 6.45) is 0. The standard InChI is InChI=1S/C12H18ClNO/c1-9(2)12(8-15-3)14-11-6-4-10(13)5-7-11/h4-7,9,12,14H,8H2,1-3H3. The van der Waals surface area contributed by atoms with Gasteiger partial charge in [-0.15, -0.1) is 0 Å². The van der Waals surface area contributed by atoms with Gasteiger partial charge in [0.1, 0.15) is 0 Å². The van der Waals surface area contributed by atoms with E-state index in [0.29, 0.717) is 18.6 Å². The van der Waals surface area contributed by atoms with Crippen LogP contribution in [0.5, 0.6) is 0 Å². The molecule has 1 N–H and O–H groups in total. The van der Waals surface area contributed by atoms with E-state index in [1.54, 1.807) is 7.11 Å². The zero-order valence-electron chi connectivity index (χ0n) is 9.46. The van der Waals surface area contributed by atoms with Gasteiger partial charge >= 0.3 is 0 Å². The molecule has 0 aliphatic heterocycles. The van der Waals surface area contributed by atoms with Crippen molar-refractivity contribution in [3.63, 3.8) is 0 Å². The normalized spacial score (nSPS) is 12.9. The first kappa shape index (κ1) is 12.3. The number of rotatable bonds is 5. The Bertz CT molecular complexity index is 284. The first-order valence-electron chi connectivity index (χ1n) is 5.14. The molecule has 0 fully saturated rings. The van der Waals surface area contributed by atoms with E-state index in [-0.39, 0.29) is 0 Å². The maximum absolute atomic E-state index is 5.82. The quantitative estimate of drug-likeness (QED) is 0.832. The lowest BCUT2D eigenvalue weighted by atomic mass is 10.1. The van der Waals surface area contributed by atoms with Crippen LogP contribution in [0.25, 0.3) is 0 Å². The van der Waals surface area contributed by atoms with E-state index in [9.17, 15) is 0 Å². The highest BCUT2D eigenvalue weighted by atomic mass is 35.5. The molecule has 15 heavy (non-hydrogen) atoms. The molecule has 0 heterocycles. The number of halogens is 1. The summed E-state index contributed by atoms with van der Waals surface area (Å²) in [4.78, 5) is 0. The lowest BCUT2D eigenvalue weighted by Crippen LogP contribution is -2.30. The fourth-order valence-corrected chi connectivity index (χ4v) is 1.47. The number of hydrogen-bond acceptors (Lipinski definition) is 2. The molecule has 0 aliphatic rings. The van der Waals surface area contributed by atoms with Crippen LogP contribution in [-0.4, -0.2) is 19.8 Å². The van der Waals surface area contributed by atoms with Gasteiger partial charge in [0.25, 0.3) is 0 Å². The molecule has 1 aromatic carbocycles. The molecular formula is C12H18ClNO. The molecule has 0 bridgehead atoms. The SMILES string of the molecule is COCC(Nc1ccc(Cl)cc1)C(C)C. The average molecular weight is 228 g/mol. The number of anilines is 1. The third-order valence-electron chi connectivity index (χ3n) is 2.35. The Kier molecular flexibility index (Phi) is 4.92. The first-order chi connectivity index (χ1) is 7.13. The fraction of sp³-hybridized carbons (Fsp3) is 0.500. The van der Waals surface area contributed by atoms with Crippen molar-refractivity contribution in [1.29, 1.82) is 0 Å². The molecule has 1 rings (SSSR count). The minimum Gasteiger partial charge on any atom is -0.383 e. The number of benzene rings is 1. The van der Waals surface area contributed by atoms with Crippen molar-refractivity contribution in [2.75, 3.05) is 19.0 Å². The smallest absolute Gasteiger partial charge is 0.0666 e. The molecule has 1 atom stereocenters. The van der Waals surface area contributed by atoms with Gasteiger partial charge in [-0.1, -0.05) is 25.4 Å². The topological polar surface area (TPSA) is 21.3 Å². The van der Waals surface area contributed by atoms with E-state index in [0.717, 1.165) is 10.7 Å². The van der Waals surface area contributed by atoms with Crippen LogP contribution in [0.4, 0.5) is 5.69 Å². The van der Waals surface area contributed by atoms with Crippen LogP contribution in [0.15, 0.2) is 24.3 Å². The summed E-state index contributed by atoms with van der Waals surface area (Å²) in [5.74, 6) is 0.528. The maximum Gasteiger partial charge on any atom is 0.0666 e. The second-order valence-corrected chi connectivity index (χ2v) is 4.39. The lowest BCUT2D eigenvalue weighted by Gasteiger charge is -2.22. The second kappa shape index (κ2) is 5.99. The maximum atomic E-state index is 5.82. The van der Waals surface area contributed by atoms with E-state index in [1.807, 2.05) is 24.3 Å². The Labute approximate surface area is 96.6 Å². The Balaban J connectivity index is 2.61. The van der Waals surface area contributed by atoms with Gasteiger partial charge in [-0.25, -0.2) is 0 Å². The van der Waals surface area contributed by atoms with Gasteiger partial charge < -0.3 is 10.1 Å². The molecule has 1 aromatic rings. The van der Waals surface area contributed by atoms with Crippen molar-refractivity contribution in [2.24, 2.45) is 5.92 Å². The molecule has 0 saturated carbocycles. The predicted molar refractivity (Wildman–Crippen MR) is 65.6 cm³/mol. The summed E-state index contributed by atoms with van der Waals surface area (Å²) >= 11 is 5.82. The van der Waals surface area contributed by atoms with Gasteiger partial charge in [0.2, 0.25) is 0 Å². The fourth-order valence-electron chi connectivity index (χ4n) is 1.34. The van der Waals surface area contributed by atoms with Crippen molar-refractivity contribution < 1.29 is 4.74 Å².